The zero-order valence-electron chi connectivity index (χ0n) is 21.6. The van der Waals surface area contributed by atoms with Crippen LogP contribution in [-0.2, 0) is 4.79 Å². The number of amides is 2. The van der Waals surface area contributed by atoms with E-state index in [1.807, 2.05) is 12.3 Å². The SMILES string of the molecule is O=C(NC1CCN(C(=O)CO)CC1)c1noc(-c2cnc3[nH]ccc3c2N[C@H]2[C@@H]3CC4C[C@H]2C[C@@](O)(C4)C3)n1. The number of carbonyl (C=O) groups is 2. The molecule has 5 fully saturated rings. The summed E-state index contributed by atoms with van der Waals surface area (Å²) in [5.74, 6) is 0.828. The highest BCUT2D eigenvalue weighted by Gasteiger charge is 2.54. The second kappa shape index (κ2) is 9.30. The molecule has 12 nitrogen and oxygen atoms in total. The standard InChI is InChI=1S/C27H33N7O5/c35-13-20(36)34-5-2-17(3-6-34)30-25(37)24-32-26(39-33-24)19-12-29-23-18(1-4-28-23)22(19)31-21-15-7-14-8-16(21)11-27(38,9-14)10-15/h1,4,12,14-17,21,35,38H,2-3,5-11,13H2,(H,30,37)(H2,28,29,31)/t14?,15-,16+,21+,27-. The van der Waals surface area contributed by atoms with Crippen molar-refractivity contribution < 1.29 is 24.3 Å². The van der Waals surface area contributed by atoms with Crippen LogP contribution in [0.3, 0.4) is 0 Å². The number of aromatic nitrogens is 4. The molecule has 0 radical (unpaired) electrons. The first-order valence-electron chi connectivity index (χ1n) is 13.9. The van der Waals surface area contributed by atoms with Crippen molar-refractivity contribution >= 4 is 28.5 Å². The lowest BCUT2D eigenvalue weighted by molar-refractivity contribution is -0.135. The number of rotatable bonds is 6. The van der Waals surface area contributed by atoms with Gasteiger partial charge in [0.1, 0.15) is 12.3 Å². The van der Waals surface area contributed by atoms with Crippen LogP contribution >= 0.6 is 0 Å². The first kappa shape index (κ1) is 24.5. The number of aliphatic hydroxyl groups is 2. The number of hydrogen-bond donors (Lipinski definition) is 5. The van der Waals surface area contributed by atoms with Crippen molar-refractivity contribution in [3.63, 3.8) is 0 Å². The molecule has 4 saturated carbocycles. The maximum absolute atomic E-state index is 12.9. The molecule has 3 aromatic heterocycles. The summed E-state index contributed by atoms with van der Waals surface area (Å²) in [5.41, 5.74) is 1.71. The summed E-state index contributed by atoms with van der Waals surface area (Å²) in [6.45, 7) is 0.439. The monoisotopic (exact) mass is 535 g/mol. The fourth-order valence-electron chi connectivity index (χ4n) is 7.76. The highest BCUT2D eigenvalue weighted by Crippen LogP contribution is 2.56. The van der Waals surface area contributed by atoms with Gasteiger partial charge < -0.3 is 35.3 Å². The molecule has 5 N–H and O–H groups in total. The minimum Gasteiger partial charge on any atom is -0.390 e. The molecular formula is C27H33N7O5. The molecule has 8 rings (SSSR count). The third-order valence-corrected chi connectivity index (χ3v) is 9.32. The average Bonchev–Trinajstić information content (AvgIpc) is 3.60. The number of pyridine rings is 1. The molecule has 39 heavy (non-hydrogen) atoms. The molecule has 4 bridgehead atoms. The Kier molecular flexibility index (Phi) is 5.85. The van der Waals surface area contributed by atoms with Gasteiger partial charge in [-0.05, 0) is 68.8 Å². The Bertz CT molecular complexity index is 1390. The van der Waals surface area contributed by atoms with Gasteiger partial charge in [-0.15, -0.1) is 0 Å². The van der Waals surface area contributed by atoms with E-state index in [0.717, 1.165) is 48.8 Å². The number of anilines is 1. The zero-order valence-corrected chi connectivity index (χ0v) is 21.6. The number of hydrogen-bond acceptors (Lipinski definition) is 9. The summed E-state index contributed by atoms with van der Waals surface area (Å²) >= 11 is 0. The predicted molar refractivity (Wildman–Crippen MR) is 139 cm³/mol. The molecule has 4 heterocycles. The summed E-state index contributed by atoms with van der Waals surface area (Å²) in [6.07, 6.45) is 9.55. The van der Waals surface area contributed by atoms with Gasteiger partial charge in [0.15, 0.2) is 0 Å². The summed E-state index contributed by atoms with van der Waals surface area (Å²) in [5, 5.41) is 31.7. The molecule has 1 unspecified atom stereocenters. The maximum atomic E-state index is 12.9. The number of likely N-dealkylation sites (tertiary alicyclic amines) is 1. The summed E-state index contributed by atoms with van der Waals surface area (Å²) in [6, 6.07) is 2.08. The van der Waals surface area contributed by atoms with Gasteiger partial charge in [-0.2, -0.15) is 4.98 Å². The first-order valence-corrected chi connectivity index (χ1v) is 13.9. The molecule has 5 aliphatic rings. The second-order valence-corrected chi connectivity index (χ2v) is 11.9. The van der Waals surface area contributed by atoms with E-state index in [1.165, 1.54) is 0 Å². The third-order valence-electron chi connectivity index (χ3n) is 9.32. The van der Waals surface area contributed by atoms with Crippen LogP contribution in [0.15, 0.2) is 23.0 Å². The molecule has 1 saturated heterocycles. The van der Waals surface area contributed by atoms with Crippen LogP contribution in [0, 0.1) is 17.8 Å². The third kappa shape index (κ3) is 4.35. The van der Waals surface area contributed by atoms with E-state index in [1.54, 1.807) is 11.1 Å². The van der Waals surface area contributed by atoms with Gasteiger partial charge >= 0.3 is 0 Å². The van der Waals surface area contributed by atoms with Crippen LogP contribution in [-0.4, -0.2) is 84.4 Å². The summed E-state index contributed by atoms with van der Waals surface area (Å²) in [7, 11) is 0. The van der Waals surface area contributed by atoms with Gasteiger partial charge in [0.05, 0.1) is 16.9 Å². The molecule has 1 aliphatic heterocycles. The number of nitrogens with one attached hydrogen (secondary N) is 3. The fourth-order valence-corrected chi connectivity index (χ4v) is 7.76. The molecule has 3 aromatic rings. The van der Waals surface area contributed by atoms with E-state index in [2.05, 4.69) is 30.7 Å². The Morgan fingerprint density at radius 2 is 1.95 bits per heavy atom. The van der Waals surface area contributed by atoms with Crippen molar-refractivity contribution in [2.24, 2.45) is 17.8 Å². The maximum Gasteiger partial charge on any atom is 0.292 e. The highest BCUT2D eigenvalue weighted by atomic mass is 16.5. The largest absolute Gasteiger partial charge is 0.390 e. The van der Waals surface area contributed by atoms with Crippen molar-refractivity contribution in [1.29, 1.82) is 0 Å². The number of aliphatic hydroxyl groups excluding tert-OH is 1. The lowest BCUT2D eigenvalue weighted by atomic mass is 9.52. The number of nitrogens with zero attached hydrogens (tertiary/aromatic N) is 4. The normalized spacial score (nSPS) is 30.2. The molecular weight excluding hydrogens is 502 g/mol. The van der Waals surface area contributed by atoms with E-state index in [4.69, 9.17) is 9.63 Å². The van der Waals surface area contributed by atoms with Crippen LogP contribution < -0.4 is 10.6 Å². The molecule has 4 aliphatic carbocycles. The average molecular weight is 536 g/mol. The van der Waals surface area contributed by atoms with Crippen molar-refractivity contribution in [1.82, 2.24) is 30.3 Å². The van der Waals surface area contributed by atoms with E-state index < -0.39 is 18.1 Å². The topological polar surface area (TPSA) is 170 Å². The van der Waals surface area contributed by atoms with Crippen molar-refractivity contribution in [2.75, 3.05) is 25.0 Å². The van der Waals surface area contributed by atoms with Crippen molar-refractivity contribution in [3.8, 4) is 11.5 Å². The van der Waals surface area contributed by atoms with Crippen LogP contribution in [0.4, 0.5) is 5.69 Å². The van der Waals surface area contributed by atoms with E-state index in [-0.39, 0.29) is 29.7 Å². The van der Waals surface area contributed by atoms with Gasteiger partial charge in [-0.3, -0.25) is 9.59 Å². The number of fused-ring (bicyclic) bond motifs is 1. The van der Waals surface area contributed by atoms with Crippen LogP contribution in [0.25, 0.3) is 22.5 Å². The lowest BCUT2D eigenvalue weighted by Gasteiger charge is -2.58. The number of H-pyrrole nitrogens is 1. The molecule has 206 valence electrons. The van der Waals surface area contributed by atoms with E-state index in [0.29, 0.717) is 49.2 Å². The van der Waals surface area contributed by atoms with Crippen molar-refractivity contribution in [2.45, 2.75) is 62.6 Å². The Hall–Kier alpha value is -3.51. The fraction of sp³-hybridized carbons (Fsp3) is 0.593. The lowest BCUT2D eigenvalue weighted by Crippen LogP contribution is -2.59. The van der Waals surface area contributed by atoms with Gasteiger partial charge in [0.2, 0.25) is 5.91 Å². The molecule has 0 spiro atoms. The smallest absolute Gasteiger partial charge is 0.292 e. The second-order valence-electron chi connectivity index (χ2n) is 11.9. The molecule has 5 atom stereocenters. The quantitative estimate of drug-likeness (QED) is 0.315. The first-order chi connectivity index (χ1) is 18.9. The van der Waals surface area contributed by atoms with Crippen LogP contribution in [0.2, 0.25) is 0 Å². The van der Waals surface area contributed by atoms with Gasteiger partial charge in [-0.25, -0.2) is 4.98 Å². The molecule has 2 amide bonds. The Morgan fingerprint density at radius 1 is 1.18 bits per heavy atom. The zero-order chi connectivity index (χ0) is 26.7. The van der Waals surface area contributed by atoms with Gasteiger partial charge in [0, 0.05) is 43.0 Å². The number of aromatic amines is 1. The Labute approximate surface area is 224 Å². The molecule has 12 heteroatoms. The van der Waals surface area contributed by atoms with Crippen molar-refractivity contribution in [3.05, 3.63) is 24.3 Å². The Balaban J connectivity index is 1.11. The van der Waals surface area contributed by atoms with E-state index in [9.17, 15) is 14.7 Å². The highest BCUT2D eigenvalue weighted by molar-refractivity contribution is 5.97. The van der Waals surface area contributed by atoms with E-state index >= 15 is 0 Å². The number of piperidine rings is 1. The molecule has 0 aromatic carbocycles. The van der Waals surface area contributed by atoms with Crippen LogP contribution in [0.5, 0.6) is 0 Å². The van der Waals surface area contributed by atoms with Gasteiger partial charge in [0.25, 0.3) is 17.6 Å². The summed E-state index contributed by atoms with van der Waals surface area (Å²) < 4.78 is 5.58. The van der Waals surface area contributed by atoms with Crippen LogP contribution in [0.1, 0.15) is 55.6 Å². The Morgan fingerprint density at radius 3 is 2.67 bits per heavy atom. The summed E-state index contributed by atoms with van der Waals surface area (Å²) in [4.78, 5) is 38.3. The predicted octanol–water partition coefficient (Wildman–Crippen LogP) is 1.68. The minimum absolute atomic E-state index is 0.0594. The number of carbonyl (C=O) groups excluding carboxylic acids is 2. The minimum atomic E-state index is -0.515. The van der Waals surface area contributed by atoms with Gasteiger partial charge in [-0.1, -0.05) is 5.16 Å².